The maximum atomic E-state index is 11.8. The minimum absolute atomic E-state index is 0.413. The first kappa shape index (κ1) is 20.3. The van der Waals surface area contributed by atoms with Crippen LogP contribution in [0, 0.1) is 5.92 Å². The topological polar surface area (TPSA) is 26.3 Å². The van der Waals surface area contributed by atoms with E-state index in [-0.39, 0.29) is 0 Å². The van der Waals surface area contributed by atoms with Gasteiger partial charge in [-0.1, -0.05) is 93.6 Å². The van der Waals surface area contributed by atoms with E-state index in [0.717, 1.165) is 18.8 Å². The molecule has 0 aromatic heterocycles. The predicted octanol–water partition coefficient (Wildman–Crippen LogP) is 4.34. The Labute approximate surface area is 159 Å². The fourth-order valence-electron chi connectivity index (χ4n) is 3.36. The van der Waals surface area contributed by atoms with E-state index in [2.05, 4.69) is 81.5 Å². The third kappa shape index (κ3) is 5.26. The Morgan fingerprint density at radius 2 is 1.46 bits per heavy atom. The van der Waals surface area contributed by atoms with Gasteiger partial charge in [0.05, 0.1) is 0 Å². The number of rotatable bonds is 10. The van der Waals surface area contributed by atoms with Crippen LogP contribution in [-0.2, 0) is 9.22 Å². The van der Waals surface area contributed by atoms with Gasteiger partial charge >= 0.3 is 0 Å². The molecule has 1 atom stereocenters. The first-order chi connectivity index (χ1) is 12.6. The monoisotopic (exact) mass is 366 g/mol. The second-order valence-corrected chi connectivity index (χ2v) is 10.5. The van der Waals surface area contributed by atoms with Gasteiger partial charge in [-0.05, 0) is 35.2 Å². The number of hydrogen-bond acceptors (Lipinski definition) is 2. The summed E-state index contributed by atoms with van der Waals surface area (Å²) in [6, 6.07) is 21.9. The Hall–Kier alpha value is -1.97. The van der Waals surface area contributed by atoms with E-state index >= 15 is 0 Å². The highest BCUT2D eigenvalue weighted by Gasteiger charge is 2.42. The quantitative estimate of drug-likeness (QED) is 0.355. The summed E-state index contributed by atoms with van der Waals surface area (Å²) in [6.45, 7) is 6.55. The molecule has 0 spiro atoms. The van der Waals surface area contributed by atoms with Crippen LogP contribution < -0.4 is 10.4 Å². The van der Waals surface area contributed by atoms with Crippen molar-refractivity contribution in [3.63, 3.8) is 0 Å². The molecule has 0 bridgehead atoms. The van der Waals surface area contributed by atoms with Gasteiger partial charge in [-0.25, -0.2) is 0 Å². The predicted molar refractivity (Wildman–Crippen MR) is 113 cm³/mol. The maximum absolute atomic E-state index is 11.8. The Balaban J connectivity index is 2.51. The Morgan fingerprint density at radius 3 is 1.88 bits per heavy atom. The molecule has 0 aliphatic rings. The molecule has 0 N–H and O–H groups in total. The van der Waals surface area contributed by atoms with Crippen LogP contribution >= 0.6 is 0 Å². The molecule has 2 aromatic rings. The van der Waals surface area contributed by atoms with Crippen LogP contribution in [0.25, 0.3) is 0 Å². The molecule has 0 fully saturated rings. The SMILES string of the molecule is CCC=CCC(C=O)O[Si](CC(C)C)(c1ccccc1)c1ccccc1. The summed E-state index contributed by atoms with van der Waals surface area (Å²) in [5.41, 5.74) is 0. The van der Waals surface area contributed by atoms with Crippen molar-refractivity contribution in [3.05, 3.63) is 72.8 Å². The minimum Gasteiger partial charge on any atom is -0.398 e. The van der Waals surface area contributed by atoms with Crippen LogP contribution in [-0.4, -0.2) is 20.7 Å². The second-order valence-electron chi connectivity index (χ2n) is 7.06. The van der Waals surface area contributed by atoms with Crippen LogP contribution in [0.1, 0.15) is 33.6 Å². The molecule has 3 heteroatoms. The van der Waals surface area contributed by atoms with Crippen LogP contribution in [0.3, 0.4) is 0 Å². The molecule has 0 radical (unpaired) electrons. The number of hydrogen-bond donors (Lipinski definition) is 0. The summed E-state index contributed by atoms with van der Waals surface area (Å²) in [4.78, 5) is 11.8. The highest BCUT2D eigenvalue weighted by molar-refractivity contribution is 6.97. The van der Waals surface area contributed by atoms with Crippen molar-refractivity contribution in [1.29, 1.82) is 0 Å². The van der Waals surface area contributed by atoms with Crippen LogP contribution in [0.4, 0.5) is 0 Å². The van der Waals surface area contributed by atoms with Gasteiger partial charge in [0.1, 0.15) is 12.4 Å². The van der Waals surface area contributed by atoms with E-state index in [1.54, 1.807) is 0 Å². The van der Waals surface area contributed by atoms with E-state index in [1.807, 2.05) is 12.1 Å². The lowest BCUT2D eigenvalue weighted by Crippen LogP contribution is -2.63. The lowest BCUT2D eigenvalue weighted by Gasteiger charge is -2.36. The molecular formula is C23H30O2Si. The summed E-state index contributed by atoms with van der Waals surface area (Å²) in [7, 11) is -2.52. The standard InChI is InChI=1S/C23H30O2Si/c1-4-5-8-13-21(18-24)25-26(19-20(2)3,22-14-9-6-10-15-22)23-16-11-7-12-17-23/h5-12,14-18,20-21H,4,13,19H2,1-3H3. The smallest absolute Gasteiger partial charge is 0.257 e. The molecule has 0 heterocycles. The Kier molecular flexibility index (Phi) is 8.01. The first-order valence-electron chi connectivity index (χ1n) is 9.51. The van der Waals surface area contributed by atoms with Gasteiger partial charge in [0.2, 0.25) is 0 Å². The number of aldehydes is 1. The van der Waals surface area contributed by atoms with Crippen molar-refractivity contribution >= 4 is 25.0 Å². The average molecular weight is 367 g/mol. The molecule has 26 heavy (non-hydrogen) atoms. The fourth-order valence-corrected chi connectivity index (χ4v) is 7.82. The molecule has 0 aliphatic heterocycles. The minimum atomic E-state index is -2.52. The number of benzene rings is 2. The van der Waals surface area contributed by atoms with E-state index in [0.29, 0.717) is 12.3 Å². The number of carbonyl (C=O) groups is 1. The van der Waals surface area contributed by atoms with E-state index in [9.17, 15) is 4.79 Å². The third-order valence-corrected chi connectivity index (χ3v) is 9.08. The number of allylic oxidation sites excluding steroid dienone is 1. The Bertz CT molecular complexity index is 640. The van der Waals surface area contributed by atoms with Crippen molar-refractivity contribution < 1.29 is 9.22 Å². The summed E-state index contributed by atoms with van der Waals surface area (Å²) in [5.74, 6) is 0.473. The average Bonchev–Trinajstić information content (AvgIpc) is 2.67. The van der Waals surface area contributed by atoms with Crippen molar-refractivity contribution in [3.8, 4) is 0 Å². The zero-order chi connectivity index (χ0) is 18.8. The van der Waals surface area contributed by atoms with Gasteiger partial charge in [0.25, 0.3) is 8.32 Å². The number of carbonyl (C=O) groups excluding carboxylic acids is 1. The zero-order valence-corrected chi connectivity index (χ0v) is 17.1. The highest BCUT2D eigenvalue weighted by Crippen LogP contribution is 2.21. The van der Waals surface area contributed by atoms with Gasteiger partial charge in [-0.3, -0.25) is 0 Å². The van der Waals surface area contributed by atoms with Crippen LogP contribution in [0.15, 0.2) is 72.8 Å². The summed E-state index contributed by atoms with van der Waals surface area (Å²) < 4.78 is 6.74. The van der Waals surface area contributed by atoms with E-state index < -0.39 is 14.4 Å². The zero-order valence-electron chi connectivity index (χ0n) is 16.1. The van der Waals surface area contributed by atoms with Gasteiger partial charge in [-0.2, -0.15) is 0 Å². The van der Waals surface area contributed by atoms with Crippen LogP contribution in [0.5, 0.6) is 0 Å². The first-order valence-corrected chi connectivity index (χ1v) is 11.6. The molecule has 2 aromatic carbocycles. The largest absolute Gasteiger partial charge is 0.398 e. The summed E-state index contributed by atoms with van der Waals surface area (Å²) in [5, 5.41) is 2.46. The van der Waals surface area contributed by atoms with Crippen LogP contribution in [0.2, 0.25) is 6.04 Å². The van der Waals surface area contributed by atoms with Crippen molar-refractivity contribution in [1.82, 2.24) is 0 Å². The van der Waals surface area contributed by atoms with Crippen molar-refractivity contribution in [2.24, 2.45) is 5.92 Å². The van der Waals surface area contributed by atoms with Gasteiger partial charge in [0, 0.05) is 0 Å². The third-order valence-electron chi connectivity index (χ3n) is 4.45. The molecule has 2 nitrogen and oxygen atoms in total. The fraction of sp³-hybridized carbons (Fsp3) is 0.348. The molecule has 0 amide bonds. The van der Waals surface area contributed by atoms with Crippen molar-refractivity contribution in [2.45, 2.75) is 45.8 Å². The van der Waals surface area contributed by atoms with Gasteiger partial charge in [0.15, 0.2) is 0 Å². The summed E-state index contributed by atoms with van der Waals surface area (Å²) >= 11 is 0. The van der Waals surface area contributed by atoms with E-state index in [1.165, 1.54) is 10.4 Å². The maximum Gasteiger partial charge on any atom is 0.257 e. The summed E-state index contributed by atoms with van der Waals surface area (Å²) in [6.07, 6.45) is 6.30. The van der Waals surface area contributed by atoms with Gasteiger partial charge < -0.3 is 9.22 Å². The van der Waals surface area contributed by atoms with Crippen molar-refractivity contribution in [2.75, 3.05) is 0 Å². The molecule has 0 aliphatic carbocycles. The normalized spacial score (nSPS) is 13.2. The molecule has 0 saturated carbocycles. The molecular weight excluding hydrogens is 336 g/mol. The highest BCUT2D eigenvalue weighted by atomic mass is 28.4. The molecule has 1 unspecified atom stereocenters. The van der Waals surface area contributed by atoms with E-state index in [4.69, 9.17) is 4.43 Å². The molecule has 0 saturated heterocycles. The second kappa shape index (κ2) is 10.2. The molecule has 138 valence electrons. The Morgan fingerprint density at radius 1 is 0.923 bits per heavy atom. The van der Waals surface area contributed by atoms with Gasteiger partial charge in [-0.15, -0.1) is 0 Å². The lowest BCUT2D eigenvalue weighted by atomic mass is 10.2. The molecule has 2 rings (SSSR count). The lowest BCUT2D eigenvalue weighted by molar-refractivity contribution is -0.113.